The van der Waals surface area contributed by atoms with Crippen LogP contribution in [-0.4, -0.2) is 97.3 Å². The summed E-state index contributed by atoms with van der Waals surface area (Å²) in [4.78, 5) is 28.9. The van der Waals surface area contributed by atoms with Crippen LogP contribution >= 0.6 is 0 Å². The zero-order valence-electron chi connectivity index (χ0n) is 25.6. The van der Waals surface area contributed by atoms with Crippen LogP contribution in [0.3, 0.4) is 0 Å². The van der Waals surface area contributed by atoms with Crippen molar-refractivity contribution >= 4 is 11.8 Å². The molecule has 0 aromatic heterocycles. The molecule has 0 spiro atoms. The summed E-state index contributed by atoms with van der Waals surface area (Å²) in [6.07, 6.45) is 3.08. The van der Waals surface area contributed by atoms with Crippen molar-refractivity contribution in [1.29, 1.82) is 0 Å². The van der Waals surface area contributed by atoms with Gasteiger partial charge in [0, 0.05) is 50.1 Å². The van der Waals surface area contributed by atoms with E-state index in [1.807, 2.05) is 0 Å². The van der Waals surface area contributed by atoms with Crippen LogP contribution in [0.25, 0.3) is 0 Å². The average Bonchev–Trinajstić information content (AvgIpc) is 3.46. The van der Waals surface area contributed by atoms with E-state index in [1.54, 1.807) is 37.1 Å². The van der Waals surface area contributed by atoms with Crippen LogP contribution in [0.1, 0.15) is 70.4 Å². The van der Waals surface area contributed by atoms with Crippen molar-refractivity contribution in [1.82, 2.24) is 15.5 Å². The fraction of sp³-hybridized carbons (Fsp3) is 0.576. The standard InChI is InChI=1S/C33H45F2N3O6/c1-21-12-23(17-24(13-21)33(42)38-9-5-6-27(38)20-43-2)32(41)37-30(16-22-14-25(34)18-26(35)15-22)31(40)29-19-28(7-8-36-29)44-11-4-3-10-39/h12-15,17-18,27-31,36,39-40H,3-11,16,19-20H2,1-2H3,(H,37,41)/t27-,28+,29-,30+,31-/m1/s1. The number of nitrogens with zero attached hydrogens (tertiary/aromatic N) is 1. The summed E-state index contributed by atoms with van der Waals surface area (Å²) in [5.41, 5.74) is 1.65. The van der Waals surface area contributed by atoms with E-state index in [0.717, 1.165) is 37.3 Å². The molecule has 2 saturated heterocycles. The number of aliphatic hydroxyl groups is 2. The van der Waals surface area contributed by atoms with Gasteiger partial charge in [0.2, 0.25) is 0 Å². The van der Waals surface area contributed by atoms with Gasteiger partial charge >= 0.3 is 0 Å². The minimum atomic E-state index is -1.11. The molecule has 4 N–H and O–H groups in total. The average molecular weight is 618 g/mol. The van der Waals surface area contributed by atoms with Crippen LogP contribution < -0.4 is 10.6 Å². The van der Waals surface area contributed by atoms with Crippen LogP contribution in [-0.2, 0) is 15.9 Å². The number of aliphatic hydroxyl groups excluding tert-OH is 2. The third-order valence-electron chi connectivity index (χ3n) is 8.40. The predicted molar refractivity (Wildman–Crippen MR) is 162 cm³/mol. The fourth-order valence-electron chi connectivity index (χ4n) is 6.23. The zero-order valence-corrected chi connectivity index (χ0v) is 25.6. The maximum absolute atomic E-state index is 14.1. The number of nitrogens with one attached hydrogen (secondary N) is 2. The number of likely N-dealkylation sites (tertiary alicyclic amines) is 1. The Morgan fingerprint density at radius 2 is 1.84 bits per heavy atom. The van der Waals surface area contributed by atoms with Crippen molar-refractivity contribution in [2.45, 2.75) is 82.2 Å². The Bertz CT molecular complexity index is 1240. The van der Waals surface area contributed by atoms with E-state index in [9.17, 15) is 23.5 Å². The molecule has 0 unspecified atom stereocenters. The lowest BCUT2D eigenvalue weighted by atomic mass is 9.90. The number of halogens is 2. The number of rotatable bonds is 14. The molecule has 0 aliphatic carbocycles. The number of aryl methyl sites for hydroxylation is 1. The van der Waals surface area contributed by atoms with Crippen molar-refractivity contribution < 1.29 is 38.1 Å². The summed E-state index contributed by atoms with van der Waals surface area (Å²) >= 11 is 0. The Kier molecular flexibility index (Phi) is 12.6. The van der Waals surface area contributed by atoms with Gasteiger partial charge in [0.1, 0.15) is 11.6 Å². The summed E-state index contributed by atoms with van der Waals surface area (Å²) in [6.45, 7) is 4.04. The number of carbonyl (C=O) groups is 2. The molecule has 5 atom stereocenters. The van der Waals surface area contributed by atoms with Gasteiger partial charge in [-0.25, -0.2) is 8.78 Å². The van der Waals surface area contributed by atoms with Crippen LogP contribution in [0.5, 0.6) is 0 Å². The van der Waals surface area contributed by atoms with Gasteiger partial charge in [-0.3, -0.25) is 9.59 Å². The molecule has 0 bridgehead atoms. The molecule has 2 fully saturated rings. The van der Waals surface area contributed by atoms with Crippen molar-refractivity contribution in [3.63, 3.8) is 0 Å². The molecule has 2 amide bonds. The SMILES string of the molecule is COC[C@H]1CCCN1C(=O)c1cc(C)cc(C(=O)N[C@@H](Cc2cc(F)cc(F)c2)[C@H](O)[C@H]2C[C@@H](OCCCCO)CCN2)c1. The number of methoxy groups -OCH3 is 1. The van der Waals surface area contributed by atoms with Crippen molar-refractivity contribution in [2.75, 3.05) is 40.0 Å². The second-order valence-corrected chi connectivity index (χ2v) is 11.9. The number of piperidine rings is 1. The van der Waals surface area contributed by atoms with Crippen LogP contribution in [0, 0.1) is 18.6 Å². The summed E-state index contributed by atoms with van der Waals surface area (Å²) in [6, 6.07) is 6.74. The summed E-state index contributed by atoms with van der Waals surface area (Å²) in [5.74, 6) is -2.18. The molecule has 4 rings (SSSR count). The molecular weight excluding hydrogens is 572 g/mol. The predicted octanol–water partition coefficient (Wildman–Crippen LogP) is 3.14. The first-order chi connectivity index (χ1) is 21.2. The van der Waals surface area contributed by atoms with Gasteiger partial charge in [-0.1, -0.05) is 0 Å². The maximum Gasteiger partial charge on any atom is 0.254 e. The second-order valence-electron chi connectivity index (χ2n) is 11.9. The van der Waals surface area contributed by atoms with Gasteiger partial charge in [-0.15, -0.1) is 0 Å². The van der Waals surface area contributed by atoms with Gasteiger partial charge in [-0.05, 0) is 99.9 Å². The highest BCUT2D eigenvalue weighted by Gasteiger charge is 2.34. The zero-order chi connectivity index (χ0) is 31.6. The smallest absolute Gasteiger partial charge is 0.254 e. The highest BCUT2D eigenvalue weighted by Crippen LogP contribution is 2.23. The molecule has 11 heteroatoms. The van der Waals surface area contributed by atoms with E-state index in [2.05, 4.69) is 10.6 Å². The second kappa shape index (κ2) is 16.4. The number of unbranched alkanes of at least 4 members (excludes halogenated alkanes) is 1. The minimum Gasteiger partial charge on any atom is -0.396 e. The molecule has 2 heterocycles. The normalized spacial score (nSPS) is 21.7. The van der Waals surface area contributed by atoms with Crippen LogP contribution in [0.4, 0.5) is 8.78 Å². The highest BCUT2D eigenvalue weighted by atomic mass is 19.1. The molecule has 0 radical (unpaired) electrons. The lowest BCUT2D eigenvalue weighted by Gasteiger charge is -2.37. The molecular formula is C33H45F2N3O6. The number of hydrogen-bond acceptors (Lipinski definition) is 7. The number of ether oxygens (including phenoxy) is 2. The Labute approximate surface area is 257 Å². The number of carbonyl (C=O) groups excluding carboxylic acids is 2. The first kappa shape index (κ1) is 33.9. The van der Waals surface area contributed by atoms with Gasteiger partial charge in [0.05, 0.1) is 30.9 Å². The molecule has 2 aromatic rings. The van der Waals surface area contributed by atoms with Crippen molar-refractivity contribution in [3.8, 4) is 0 Å². The largest absolute Gasteiger partial charge is 0.396 e. The van der Waals surface area contributed by atoms with E-state index in [0.29, 0.717) is 44.7 Å². The Hall–Kier alpha value is -2.96. The topological polar surface area (TPSA) is 120 Å². The summed E-state index contributed by atoms with van der Waals surface area (Å²) in [7, 11) is 1.61. The number of amides is 2. The minimum absolute atomic E-state index is 0.0220. The molecule has 2 aromatic carbocycles. The maximum atomic E-state index is 14.1. The Morgan fingerprint density at radius 1 is 1.09 bits per heavy atom. The van der Waals surface area contributed by atoms with Gasteiger partial charge in [-0.2, -0.15) is 0 Å². The monoisotopic (exact) mass is 617 g/mol. The van der Waals surface area contributed by atoms with Crippen LogP contribution in [0.15, 0.2) is 36.4 Å². The molecule has 0 saturated carbocycles. The van der Waals surface area contributed by atoms with Gasteiger partial charge in [0.25, 0.3) is 11.8 Å². The lowest BCUT2D eigenvalue weighted by molar-refractivity contribution is -0.00946. The van der Waals surface area contributed by atoms with E-state index in [4.69, 9.17) is 14.6 Å². The third kappa shape index (κ3) is 9.28. The first-order valence-corrected chi connectivity index (χ1v) is 15.5. The van der Waals surface area contributed by atoms with E-state index >= 15 is 0 Å². The van der Waals surface area contributed by atoms with E-state index in [1.165, 1.54) is 12.1 Å². The highest BCUT2D eigenvalue weighted by molar-refractivity contribution is 6.00. The van der Waals surface area contributed by atoms with Gasteiger partial charge < -0.3 is 35.2 Å². The number of hydrogen-bond donors (Lipinski definition) is 4. The van der Waals surface area contributed by atoms with E-state index in [-0.39, 0.29) is 42.2 Å². The van der Waals surface area contributed by atoms with Crippen molar-refractivity contribution in [3.05, 3.63) is 70.3 Å². The quantitative estimate of drug-likeness (QED) is 0.241. The first-order valence-electron chi connectivity index (χ1n) is 15.5. The molecule has 2 aliphatic heterocycles. The van der Waals surface area contributed by atoms with Crippen molar-refractivity contribution in [2.24, 2.45) is 0 Å². The van der Waals surface area contributed by atoms with Crippen LogP contribution in [0.2, 0.25) is 0 Å². The Balaban J connectivity index is 1.53. The Morgan fingerprint density at radius 3 is 2.57 bits per heavy atom. The number of benzene rings is 2. The van der Waals surface area contributed by atoms with E-state index < -0.39 is 35.7 Å². The molecule has 9 nitrogen and oxygen atoms in total. The lowest BCUT2D eigenvalue weighted by Crippen LogP contribution is -2.57. The third-order valence-corrected chi connectivity index (χ3v) is 8.40. The fourth-order valence-corrected chi connectivity index (χ4v) is 6.23. The molecule has 2 aliphatic rings. The van der Waals surface area contributed by atoms with Gasteiger partial charge in [0.15, 0.2) is 0 Å². The summed E-state index contributed by atoms with van der Waals surface area (Å²) < 4.78 is 39.4. The summed E-state index contributed by atoms with van der Waals surface area (Å²) in [5, 5.41) is 26.8. The molecule has 44 heavy (non-hydrogen) atoms. The molecule has 242 valence electrons.